The van der Waals surface area contributed by atoms with E-state index in [9.17, 15) is 23.5 Å². The van der Waals surface area contributed by atoms with Crippen LogP contribution >= 0.6 is 0 Å². The summed E-state index contributed by atoms with van der Waals surface area (Å²) in [5, 5.41) is 12.1. The second-order valence-electron chi connectivity index (χ2n) is 6.29. The fourth-order valence-corrected chi connectivity index (χ4v) is 3.75. The maximum absolute atomic E-state index is 12.7. The highest BCUT2D eigenvalue weighted by Crippen LogP contribution is 2.48. The van der Waals surface area contributed by atoms with Gasteiger partial charge in [-0.1, -0.05) is 18.6 Å². The van der Waals surface area contributed by atoms with E-state index in [0.29, 0.717) is 13.0 Å². The predicted octanol–water partition coefficient (Wildman–Crippen LogP) is 3.34. The predicted molar refractivity (Wildman–Crippen MR) is 79.4 cm³/mol. The van der Waals surface area contributed by atoms with Gasteiger partial charge in [-0.05, 0) is 30.9 Å². The molecule has 5 nitrogen and oxygen atoms in total. The third-order valence-corrected chi connectivity index (χ3v) is 4.97. The van der Waals surface area contributed by atoms with Crippen molar-refractivity contribution in [1.82, 2.24) is 4.90 Å². The number of fused-ring (bicyclic) bond motifs is 1. The molecule has 7 heteroatoms. The standard InChI is InChI=1S/C16H18F2N2O3/c17-13(18)10-3-1-5-12(7-10)19-15(23)20-8-11-4-2-6-16(11,9-20)14(21)22/h1,3,5,7,11,13H,2,4,6,8-9H2,(H,19,23)(H,21,22)/t11-,16+/m0/s1. The van der Waals surface area contributed by atoms with E-state index in [0.717, 1.165) is 12.8 Å². The largest absolute Gasteiger partial charge is 0.481 e. The Morgan fingerprint density at radius 3 is 2.83 bits per heavy atom. The SMILES string of the molecule is O=C(Nc1cccc(C(F)F)c1)N1C[C@@H]2CCC[C@@]2(C(=O)O)C1. The number of hydrogen-bond donors (Lipinski definition) is 2. The first-order valence-corrected chi connectivity index (χ1v) is 7.60. The molecule has 1 aliphatic heterocycles. The Labute approximate surface area is 132 Å². The summed E-state index contributed by atoms with van der Waals surface area (Å²) in [6.07, 6.45) is -0.356. The average molecular weight is 324 g/mol. The van der Waals surface area contributed by atoms with Crippen LogP contribution in [0.2, 0.25) is 0 Å². The van der Waals surface area contributed by atoms with Crippen LogP contribution in [0.25, 0.3) is 0 Å². The fraction of sp³-hybridized carbons (Fsp3) is 0.500. The topological polar surface area (TPSA) is 69.6 Å². The molecule has 0 aromatic heterocycles. The number of halogens is 2. The molecule has 1 aromatic carbocycles. The summed E-state index contributed by atoms with van der Waals surface area (Å²) >= 11 is 0. The van der Waals surface area contributed by atoms with Gasteiger partial charge in [-0.2, -0.15) is 0 Å². The van der Waals surface area contributed by atoms with Gasteiger partial charge in [0.15, 0.2) is 0 Å². The van der Waals surface area contributed by atoms with Crippen molar-refractivity contribution < 1.29 is 23.5 Å². The highest BCUT2D eigenvalue weighted by molar-refractivity contribution is 5.90. The van der Waals surface area contributed by atoms with Gasteiger partial charge in [0.25, 0.3) is 6.43 Å². The summed E-state index contributed by atoms with van der Waals surface area (Å²) in [7, 11) is 0. The lowest BCUT2D eigenvalue weighted by Crippen LogP contribution is -2.38. The zero-order chi connectivity index (χ0) is 16.6. The first kappa shape index (κ1) is 15.7. The van der Waals surface area contributed by atoms with Crippen molar-refractivity contribution in [3.63, 3.8) is 0 Å². The molecule has 2 amide bonds. The van der Waals surface area contributed by atoms with E-state index in [-0.39, 0.29) is 23.7 Å². The molecule has 1 heterocycles. The zero-order valence-electron chi connectivity index (χ0n) is 12.5. The number of carboxylic acid groups (broad SMARTS) is 1. The lowest BCUT2D eigenvalue weighted by Gasteiger charge is -2.23. The first-order chi connectivity index (χ1) is 10.9. The lowest BCUT2D eigenvalue weighted by molar-refractivity contribution is -0.149. The summed E-state index contributed by atoms with van der Waals surface area (Å²) in [6, 6.07) is 5.07. The number of amides is 2. The van der Waals surface area contributed by atoms with E-state index < -0.39 is 23.8 Å². The van der Waals surface area contributed by atoms with Crippen LogP contribution in [0.4, 0.5) is 19.3 Å². The van der Waals surface area contributed by atoms with Crippen molar-refractivity contribution >= 4 is 17.7 Å². The van der Waals surface area contributed by atoms with E-state index >= 15 is 0 Å². The van der Waals surface area contributed by atoms with Gasteiger partial charge in [0.1, 0.15) is 0 Å². The Hall–Kier alpha value is -2.18. The average Bonchev–Trinajstić information content (AvgIpc) is 3.05. The second kappa shape index (κ2) is 5.79. The van der Waals surface area contributed by atoms with Gasteiger partial charge >= 0.3 is 12.0 Å². The monoisotopic (exact) mass is 324 g/mol. The van der Waals surface area contributed by atoms with E-state index in [1.807, 2.05) is 0 Å². The molecule has 0 spiro atoms. The first-order valence-electron chi connectivity index (χ1n) is 7.60. The minimum absolute atomic E-state index is 0.0295. The smallest absolute Gasteiger partial charge is 0.321 e. The molecular formula is C16H18F2N2O3. The van der Waals surface area contributed by atoms with Crippen LogP contribution in [-0.2, 0) is 4.79 Å². The molecule has 23 heavy (non-hydrogen) atoms. The fourth-order valence-electron chi connectivity index (χ4n) is 3.75. The molecule has 0 bridgehead atoms. The summed E-state index contributed by atoms with van der Waals surface area (Å²) < 4.78 is 25.4. The molecule has 0 radical (unpaired) electrons. The number of alkyl halides is 2. The van der Waals surface area contributed by atoms with Crippen LogP contribution in [0.5, 0.6) is 0 Å². The molecule has 1 aromatic rings. The minimum Gasteiger partial charge on any atom is -0.481 e. The summed E-state index contributed by atoms with van der Waals surface area (Å²) in [5.41, 5.74) is -0.723. The number of nitrogens with zero attached hydrogens (tertiary/aromatic N) is 1. The molecule has 0 unspecified atom stereocenters. The molecule has 2 aliphatic rings. The molecule has 3 rings (SSSR count). The number of carbonyl (C=O) groups excluding carboxylic acids is 1. The summed E-state index contributed by atoms with van der Waals surface area (Å²) in [5.74, 6) is -0.881. The number of carbonyl (C=O) groups is 2. The van der Waals surface area contributed by atoms with Crippen LogP contribution in [0.1, 0.15) is 31.3 Å². The van der Waals surface area contributed by atoms with Crippen LogP contribution < -0.4 is 5.32 Å². The van der Waals surface area contributed by atoms with E-state index in [1.54, 1.807) is 0 Å². The Kier molecular flexibility index (Phi) is 3.95. The number of urea groups is 1. The van der Waals surface area contributed by atoms with E-state index in [4.69, 9.17) is 0 Å². The van der Waals surface area contributed by atoms with Crippen molar-refractivity contribution in [3.05, 3.63) is 29.8 Å². The Balaban J connectivity index is 1.70. The number of benzene rings is 1. The van der Waals surface area contributed by atoms with Gasteiger partial charge < -0.3 is 15.3 Å². The van der Waals surface area contributed by atoms with Crippen LogP contribution in [-0.4, -0.2) is 35.1 Å². The van der Waals surface area contributed by atoms with Crippen molar-refractivity contribution in [2.24, 2.45) is 11.3 Å². The normalized spacial score (nSPS) is 26.4. The number of nitrogens with one attached hydrogen (secondary N) is 1. The van der Waals surface area contributed by atoms with Crippen molar-refractivity contribution in [3.8, 4) is 0 Å². The third kappa shape index (κ3) is 2.75. The zero-order valence-corrected chi connectivity index (χ0v) is 12.5. The van der Waals surface area contributed by atoms with Gasteiger partial charge in [0.05, 0.1) is 5.41 Å². The molecule has 2 fully saturated rings. The molecule has 124 valence electrons. The molecule has 1 saturated carbocycles. The van der Waals surface area contributed by atoms with Crippen molar-refractivity contribution in [2.45, 2.75) is 25.7 Å². The van der Waals surface area contributed by atoms with Gasteiger partial charge in [-0.25, -0.2) is 13.6 Å². The summed E-state index contributed by atoms with van der Waals surface area (Å²) in [4.78, 5) is 25.4. The van der Waals surface area contributed by atoms with Crippen LogP contribution in [0.3, 0.4) is 0 Å². The highest BCUT2D eigenvalue weighted by Gasteiger charge is 2.55. The number of anilines is 1. The molecule has 1 aliphatic carbocycles. The highest BCUT2D eigenvalue weighted by atomic mass is 19.3. The van der Waals surface area contributed by atoms with Crippen molar-refractivity contribution in [2.75, 3.05) is 18.4 Å². The molecule has 2 atom stereocenters. The number of aliphatic carboxylic acids is 1. The van der Waals surface area contributed by atoms with Gasteiger partial charge in [0.2, 0.25) is 0 Å². The second-order valence-corrected chi connectivity index (χ2v) is 6.29. The van der Waals surface area contributed by atoms with E-state index in [1.165, 1.54) is 29.2 Å². The number of carboxylic acids is 1. The Morgan fingerprint density at radius 2 is 2.17 bits per heavy atom. The van der Waals surface area contributed by atoms with Gasteiger partial charge in [0, 0.05) is 24.3 Å². The lowest BCUT2D eigenvalue weighted by atomic mass is 9.81. The maximum Gasteiger partial charge on any atom is 0.321 e. The van der Waals surface area contributed by atoms with Gasteiger partial charge in [-0.15, -0.1) is 0 Å². The number of hydrogen-bond acceptors (Lipinski definition) is 2. The third-order valence-electron chi connectivity index (χ3n) is 4.97. The Bertz CT molecular complexity index is 638. The van der Waals surface area contributed by atoms with Crippen LogP contribution in [0, 0.1) is 11.3 Å². The number of likely N-dealkylation sites (tertiary alicyclic amines) is 1. The van der Waals surface area contributed by atoms with Crippen LogP contribution in [0.15, 0.2) is 24.3 Å². The van der Waals surface area contributed by atoms with Gasteiger partial charge in [-0.3, -0.25) is 4.79 Å². The van der Waals surface area contributed by atoms with Crippen molar-refractivity contribution in [1.29, 1.82) is 0 Å². The summed E-state index contributed by atoms with van der Waals surface area (Å²) in [6.45, 7) is 0.569. The number of rotatable bonds is 3. The molecular weight excluding hydrogens is 306 g/mol. The van der Waals surface area contributed by atoms with E-state index in [2.05, 4.69) is 5.32 Å². The Morgan fingerprint density at radius 1 is 1.39 bits per heavy atom. The quantitative estimate of drug-likeness (QED) is 0.896. The molecule has 2 N–H and O–H groups in total. The maximum atomic E-state index is 12.7. The molecule has 1 saturated heterocycles. The minimum atomic E-state index is -2.60.